The molecule has 0 aliphatic carbocycles. The number of aliphatic hydroxyl groups is 2. The van der Waals surface area contributed by atoms with Crippen LogP contribution in [0.4, 0.5) is 5.82 Å². The maximum Gasteiger partial charge on any atom is 0.351 e. The number of nitrogens with two attached hydrogens (primary N) is 1. The predicted molar refractivity (Wildman–Crippen MR) is 71.4 cm³/mol. The molecule has 4 atom stereocenters. The molecule has 1 saturated heterocycles. The lowest BCUT2D eigenvalue weighted by Gasteiger charge is -2.23. The van der Waals surface area contributed by atoms with E-state index in [0.717, 1.165) is 4.57 Å². The second-order valence-electron chi connectivity index (χ2n) is 4.50. The van der Waals surface area contributed by atoms with E-state index in [9.17, 15) is 15.0 Å². The van der Waals surface area contributed by atoms with E-state index in [4.69, 9.17) is 16.9 Å². The van der Waals surface area contributed by atoms with Crippen molar-refractivity contribution in [2.45, 2.75) is 17.9 Å². The van der Waals surface area contributed by atoms with Crippen molar-refractivity contribution in [3.63, 3.8) is 0 Å². The van der Waals surface area contributed by atoms with Crippen LogP contribution in [0.5, 0.6) is 0 Å². The smallest absolute Gasteiger partial charge is 0.351 e. The van der Waals surface area contributed by atoms with E-state index in [1.807, 2.05) is 0 Å². The largest absolute Gasteiger partial charge is 0.392 e. The molecule has 20 heavy (non-hydrogen) atoms. The molecule has 2 heterocycles. The van der Waals surface area contributed by atoms with Crippen LogP contribution in [0, 0.1) is 18.3 Å². The first-order valence-electron chi connectivity index (χ1n) is 5.91. The number of hydrogen-bond acceptors (Lipinski definition) is 6. The Hall–Kier alpha value is -2.14. The molecule has 1 aliphatic heterocycles. The molecule has 0 amide bonds. The van der Waals surface area contributed by atoms with Crippen LogP contribution >= 0.6 is 0 Å². The summed E-state index contributed by atoms with van der Waals surface area (Å²) in [5, 5.41) is 19.6. The fourth-order valence-electron chi connectivity index (χ4n) is 2.23. The van der Waals surface area contributed by atoms with E-state index >= 15 is 0 Å². The summed E-state index contributed by atoms with van der Waals surface area (Å²) in [6.07, 6.45) is 6.05. The molecular weight excluding hydrogens is 262 g/mol. The van der Waals surface area contributed by atoms with Gasteiger partial charge in [-0.15, -0.1) is 13.0 Å². The summed E-state index contributed by atoms with van der Waals surface area (Å²) in [5.74, 6) is 1.65. The van der Waals surface area contributed by atoms with Crippen molar-refractivity contribution in [1.82, 2.24) is 9.55 Å². The van der Waals surface area contributed by atoms with E-state index in [1.165, 1.54) is 18.3 Å². The number of nitrogen functional groups attached to an aromatic ring is 1. The standard InChI is InChI=1S/C13H15N3O4/c1-3-8-10(18)13(4-2,7-17)20-11(8)16-6-5-9(14)15-12(16)19/h2-3,5-6,8,10-11,17-18H,1,7H2,(H2,14,15,19)/t8-,10-,11+,13+/m0/s1. The predicted octanol–water partition coefficient (Wildman–Crippen LogP) is -1.12. The van der Waals surface area contributed by atoms with Gasteiger partial charge in [0, 0.05) is 6.20 Å². The highest BCUT2D eigenvalue weighted by Gasteiger charge is 2.53. The highest BCUT2D eigenvalue weighted by molar-refractivity contribution is 5.24. The maximum absolute atomic E-state index is 11.8. The van der Waals surface area contributed by atoms with Gasteiger partial charge in [-0.05, 0) is 6.07 Å². The number of ether oxygens (including phenoxy) is 1. The molecule has 2 rings (SSSR count). The van der Waals surface area contributed by atoms with Crippen molar-refractivity contribution >= 4 is 5.82 Å². The second-order valence-corrected chi connectivity index (χ2v) is 4.50. The van der Waals surface area contributed by atoms with Crippen molar-refractivity contribution in [3.8, 4) is 12.3 Å². The van der Waals surface area contributed by atoms with Crippen LogP contribution in [0.3, 0.4) is 0 Å². The first-order chi connectivity index (χ1) is 9.49. The highest BCUT2D eigenvalue weighted by atomic mass is 16.6. The zero-order valence-corrected chi connectivity index (χ0v) is 10.6. The number of aromatic nitrogens is 2. The number of anilines is 1. The minimum atomic E-state index is -1.58. The van der Waals surface area contributed by atoms with Gasteiger partial charge in [-0.1, -0.05) is 12.0 Å². The zero-order chi connectivity index (χ0) is 14.9. The van der Waals surface area contributed by atoms with Crippen LogP contribution in [-0.4, -0.2) is 38.1 Å². The number of aliphatic hydroxyl groups excluding tert-OH is 2. The van der Waals surface area contributed by atoms with Gasteiger partial charge in [-0.25, -0.2) is 4.79 Å². The molecule has 0 spiro atoms. The minimum absolute atomic E-state index is 0.0744. The Labute approximate surface area is 115 Å². The van der Waals surface area contributed by atoms with Crippen LogP contribution in [0.25, 0.3) is 0 Å². The van der Waals surface area contributed by atoms with Gasteiger partial charge in [0.05, 0.1) is 12.5 Å². The van der Waals surface area contributed by atoms with Gasteiger partial charge in [0.25, 0.3) is 0 Å². The SMILES string of the molecule is C#C[C@]1(CO)O[C@@H](n2ccc(N)nc2=O)[C@@H](C=C)[C@@H]1O. The summed E-state index contributed by atoms with van der Waals surface area (Å²) >= 11 is 0. The Morgan fingerprint density at radius 3 is 2.95 bits per heavy atom. The molecule has 1 aromatic rings. The lowest BCUT2D eigenvalue weighted by Crippen LogP contribution is -2.43. The molecule has 4 N–H and O–H groups in total. The fraction of sp³-hybridized carbons (Fsp3) is 0.385. The Morgan fingerprint density at radius 2 is 2.45 bits per heavy atom. The van der Waals surface area contributed by atoms with Gasteiger partial charge in [-0.3, -0.25) is 4.57 Å². The van der Waals surface area contributed by atoms with Gasteiger partial charge in [0.2, 0.25) is 0 Å². The first-order valence-corrected chi connectivity index (χ1v) is 5.91. The molecule has 0 unspecified atom stereocenters. The molecule has 0 radical (unpaired) electrons. The molecule has 0 bridgehead atoms. The Balaban J connectivity index is 2.49. The van der Waals surface area contributed by atoms with Gasteiger partial charge in [0.15, 0.2) is 5.60 Å². The quantitative estimate of drug-likeness (QED) is 0.477. The van der Waals surface area contributed by atoms with E-state index in [-0.39, 0.29) is 5.82 Å². The van der Waals surface area contributed by atoms with Gasteiger partial charge in [-0.2, -0.15) is 4.98 Å². The summed E-state index contributed by atoms with van der Waals surface area (Å²) in [5.41, 5.74) is 3.20. The second kappa shape index (κ2) is 5.09. The number of nitrogens with zero attached hydrogens (tertiary/aromatic N) is 2. The maximum atomic E-state index is 11.8. The number of terminal acetylenes is 1. The summed E-state index contributed by atoms with van der Waals surface area (Å²) < 4.78 is 6.70. The average molecular weight is 277 g/mol. The Kier molecular flexibility index (Phi) is 3.63. The summed E-state index contributed by atoms with van der Waals surface area (Å²) in [6.45, 7) is 3.02. The Bertz CT molecular complexity index is 621. The molecule has 106 valence electrons. The molecule has 7 nitrogen and oxygen atoms in total. The number of hydrogen-bond donors (Lipinski definition) is 3. The third-order valence-electron chi connectivity index (χ3n) is 3.38. The van der Waals surface area contributed by atoms with Crippen molar-refractivity contribution in [1.29, 1.82) is 0 Å². The molecule has 0 aromatic carbocycles. The van der Waals surface area contributed by atoms with E-state index in [1.54, 1.807) is 0 Å². The average Bonchev–Trinajstić information content (AvgIpc) is 2.71. The van der Waals surface area contributed by atoms with Crippen LogP contribution in [0.1, 0.15) is 6.23 Å². The van der Waals surface area contributed by atoms with Gasteiger partial charge < -0.3 is 20.7 Å². The van der Waals surface area contributed by atoms with Crippen LogP contribution in [0.15, 0.2) is 29.7 Å². The lowest BCUT2D eigenvalue weighted by atomic mass is 9.91. The third kappa shape index (κ3) is 2.00. The lowest BCUT2D eigenvalue weighted by molar-refractivity contribution is -0.0916. The van der Waals surface area contributed by atoms with E-state index in [2.05, 4.69) is 17.5 Å². The first kappa shape index (κ1) is 14.3. The molecule has 1 aliphatic rings. The topological polar surface area (TPSA) is 111 Å². The minimum Gasteiger partial charge on any atom is -0.392 e. The monoisotopic (exact) mass is 277 g/mol. The van der Waals surface area contributed by atoms with Crippen LogP contribution < -0.4 is 11.4 Å². The molecule has 1 fully saturated rings. The third-order valence-corrected chi connectivity index (χ3v) is 3.38. The van der Waals surface area contributed by atoms with Gasteiger partial charge >= 0.3 is 5.69 Å². The van der Waals surface area contributed by atoms with Crippen molar-refractivity contribution in [2.24, 2.45) is 5.92 Å². The molecule has 1 aromatic heterocycles. The molecule has 0 saturated carbocycles. The van der Waals surface area contributed by atoms with Crippen molar-refractivity contribution < 1.29 is 14.9 Å². The molecular formula is C13H15N3O4. The van der Waals surface area contributed by atoms with E-state index in [0.29, 0.717) is 0 Å². The van der Waals surface area contributed by atoms with Gasteiger partial charge in [0.1, 0.15) is 18.1 Å². The zero-order valence-electron chi connectivity index (χ0n) is 10.6. The fourth-order valence-corrected chi connectivity index (χ4v) is 2.23. The normalized spacial score (nSPS) is 32.8. The van der Waals surface area contributed by atoms with Crippen LogP contribution in [0.2, 0.25) is 0 Å². The van der Waals surface area contributed by atoms with E-state index < -0.39 is 36.1 Å². The highest BCUT2D eigenvalue weighted by Crippen LogP contribution is 2.41. The Morgan fingerprint density at radius 1 is 1.75 bits per heavy atom. The van der Waals surface area contributed by atoms with Crippen LogP contribution in [-0.2, 0) is 4.74 Å². The number of rotatable bonds is 3. The van der Waals surface area contributed by atoms with Crippen molar-refractivity contribution in [3.05, 3.63) is 35.4 Å². The summed E-state index contributed by atoms with van der Waals surface area (Å²) in [6, 6.07) is 1.42. The molecule has 7 heteroatoms. The summed E-state index contributed by atoms with van der Waals surface area (Å²) in [7, 11) is 0. The van der Waals surface area contributed by atoms with Crippen molar-refractivity contribution in [2.75, 3.05) is 12.3 Å². The summed E-state index contributed by atoms with van der Waals surface area (Å²) in [4.78, 5) is 15.4.